The van der Waals surface area contributed by atoms with Crippen LogP contribution in [0.5, 0.6) is 0 Å². The second-order valence-corrected chi connectivity index (χ2v) is 4.36. The maximum atomic E-state index is 13.2. The molecule has 3 nitrogen and oxygen atoms in total. The van der Waals surface area contributed by atoms with Gasteiger partial charge in [-0.15, -0.1) is 0 Å². The van der Waals surface area contributed by atoms with Crippen LogP contribution in [-0.2, 0) is 0 Å². The molecule has 1 atom stereocenters. The van der Waals surface area contributed by atoms with E-state index in [1.807, 2.05) is 13.1 Å². The van der Waals surface area contributed by atoms with Crippen LogP contribution >= 0.6 is 0 Å². The van der Waals surface area contributed by atoms with E-state index in [-0.39, 0.29) is 5.82 Å². The van der Waals surface area contributed by atoms with E-state index >= 15 is 0 Å². The van der Waals surface area contributed by atoms with E-state index < -0.39 is 0 Å². The van der Waals surface area contributed by atoms with Gasteiger partial charge in [-0.1, -0.05) is 19.1 Å². The maximum Gasteiger partial charge on any atom is 0.123 e. The van der Waals surface area contributed by atoms with Crippen molar-refractivity contribution in [2.45, 2.75) is 19.3 Å². The molecule has 1 heterocycles. The van der Waals surface area contributed by atoms with Gasteiger partial charge < -0.3 is 10.3 Å². The molecule has 0 aliphatic heterocycles. The summed E-state index contributed by atoms with van der Waals surface area (Å²) in [6.07, 6.45) is 2.78. The fourth-order valence-electron chi connectivity index (χ4n) is 2.03. The zero-order valence-electron chi connectivity index (χ0n) is 10.7. The molecule has 0 saturated heterocycles. The molecule has 0 aliphatic rings. The van der Waals surface area contributed by atoms with E-state index in [2.05, 4.69) is 22.2 Å². The molecular formula is C14H18FN3. The van der Waals surface area contributed by atoms with Crippen molar-refractivity contribution in [3.8, 4) is 11.3 Å². The molecule has 2 aromatic rings. The topological polar surface area (TPSA) is 40.7 Å². The number of H-pyrrole nitrogens is 1. The van der Waals surface area contributed by atoms with Gasteiger partial charge in [0.25, 0.3) is 0 Å². The minimum Gasteiger partial charge on any atom is -0.342 e. The monoisotopic (exact) mass is 247 g/mol. The number of likely N-dealkylation sites (N-methyl/N-ethyl adjacent to an activating group) is 1. The molecule has 4 heteroatoms. The Balaban J connectivity index is 2.24. The van der Waals surface area contributed by atoms with Gasteiger partial charge in [0.05, 0.1) is 11.9 Å². The minimum absolute atomic E-state index is 0.231. The van der Waals surface area contributed by atoms with Gasteiger partial charge in [-0.2, -0.15) is 0 Å². The van der Waals surface area contributed by atoms with Crippen LogP contribution in [-0.4, -0.2) is 23.6 Å². The summed E-state index contributed by atoms with van der Waals surface area (Å²) in [7, 11) is 1.93. The lowest BCUT2D eigenvalue weighted by molar-refractivity contribution is 0.586. The van der Waals surface area contributed by atoms with E-state index in [1.54, 1.807) is 12.3 Å². The van der Waals surface area contributed by atoms with Crippen LogP contribution in [0.25, 0.3) is 11.3 Å². The average Bonchev–Trinajstić information content (AvgIpc) is 2.85. The Morgan fingerprint density at radius 1 is 1.44 bits per heavy atom. The van der Waals surface area contributed by atoms with E-state index in [0.717, 1.165) is 30.0 Å². The molecule has 0 radical (unpaired) electrons. The van der Waals surface area contributed by atoms with Crippen LogP contribution in [0.3, 0.4) is 0 Å². The van der Waals surface area contributed by atoms with Crippen molar-refractivity contribution in [2.75, 3.05) is 13.6 Å². The minimum atomic E-state index is -0.231. The van der Waals surface area contributed by atoms with Gasteiger partial charge in [-0.05, 0) is 25.6 Å². The number of aromatic nitrogens is 2. The Morgan fingerprint density at radius 3 is 2.94 bits per heavy atom. The van der Waals surface area contributed by atoms with Crippen LogP contribution in [0.2, 0.25) is 0 Å². The molecule has 0 spiro atoms. The van der Waals surface area contributed by atoms with Crippen molar-refractivity contribution in [2.24, 2.45) is 0 Å². The highest BCUT2D eigenvalue weighted by Gasteiger charge is 2.12. The molecule has 0 bridgehead atoms. The number of nitrogens with one attached hydrogen (secondary N) is 2. The highest BCUT2D eigenvalue weighted by molar-refractivity contribution is 5.58. The number of benzene rings is 1. The summed E-state index contributed by atoms with van der Waals surface area (Å²) in [6.45, 7) is 3.01. The lowest BCUT2D eigenvalue weighted by atomic mass is 10.1. The Hall–Kier alpha value is -1.68. The number of hydrogen-bond acceptors (Lipinski definition) is 2. The van der Waals surface area contributed by atoms with E-state index in [1.165, 1.54) is 12.1 Å². The highest BCUT2D eigenvalue weighted by Crippen LogP contribution is 2.22. The van der Waals surface area contributed by atoms with Crippen LogP contribution in [0, 0.1) is 5.82 Å². The molecule has 1 unspecified atom stereocenters. The number of hydrogen-bond donors (Lipinski definition) is 2. The fourth-order valence-corrected chi connectivity index (χ4v) is 2.03. The average molecular weight is 247 g/mol. The van der Waals surface area contributed by atoms with Gasteiger partial charge in [0.15, 0.2) is 0 Å². The molecule has 18 heavy (non-hydrogen) atoms. The van der Waals surface area contributed by atoms with Crippen molar-refractivity contribution in [3.63, 3.8) is 0 Å². The normalized spacial score (nSPS) is 12.6. The summed E-state index contributed by atoms with van der Waals surface area (Å²) in [5, 5.41) is 3.16. The van der Waals surface area contributed by atoms with Gasteiger partial charge in [0.1, 0.15) is 11.6 Å². The first-order valence-corrected chi connectivity index (χ1v) is 6.20. The highest BCUT2D eigenvalue weighted by atomic mass is 19.1. The Morgan fingerprint density at radius 2 is 2.28 bits per heavy atom. The molecule has 0 saturated carbocycles. The SMILES string of the molecule is CCC(CNC)c1ncc(-c2cccc(F)c2)[nH]1. The zero-order valence-corrected chi connectivity index (χ0v) is 10.7. The Bertz CT molecular complexity index is 507. The number of aromatic amines is 1. The largest absolute Gasteiger partial charge is 0.342 e. The van der Waals surface area contributed by atoms with Gasteiger partial charge in [-0.3, -0.25) is 0 Å². The third kappa shape index (κ3) is 2.76. The molecule has 1 aromatic carbocycles. The summed E-state index contributed by atoms with van der Waals surface area (Å²) in [5.74, 6) is 1.08. The summed E-state index contributed by atoms with van der Waals surface area (Å²) in [5.41, 5.74) is 1.69. The molecule has 2 N–H and O–H groups in total. The Labute approximate surface area is 106 Å². The molecular weight excluding hydrogens is 229 g/mol. The lowest BCUT2D eigenvalue weighted by Crippen LogP contribution is -2.17. The standard InChI is InChI=1S/C14H18FN3/c1-3-10(8-16-2)14-17-9-13(18-14)11-5-4-6-12(15)7-11/h4-7,9-10,16H,3,8H2,1-2H3,(H,17,18). The number of rotatable bonds is 5. The number of halogens is 1. The van der Waals surface area contributed by atoms with Gasteiger partial charge in [0.2, 0.25) is 0 Å². The molecule has 2 rings (SSSR count). The lowest BCUT2D eigenvalue weighted by Gasteiger charge is -2.10. The van der Waals surface area contributed by atoms with E-state index in [0.29, 0.717) is 5.92 Å². The summed E-state index contributed by atoms with van der Waals surface area (Å²) in [6, 6.07) is 6.53. The second kappa shape index (κ2) is 5.78. The number of imidazole rings is 1. The first-order chi connectivity index (χ1) is 8.74. The van der Waals surface area contributed by atoms with E-state index in [9.17, 15) is 4.39 Å². The predicted molar refractivity (Wildman–Crippen MR) is 70.9 cm³/mol. The molecule has 0 fully saturated rings. The van der Waals surface area contributed by atoms with Crippen LogP contribution in [0.15, 0.2) is 30.5 Å². The van der Waals surface area contributed by atoms with Crippen molar-refractivity contribution in [1.82, 2.24) is 15.3 Å². The zero-order chi connectivity index (χ0) is 13.0. The quantitative estimate of drug-likeness (QED) is 0.853. The van der Waals surface area contributed by atoms with Crippen molar-refractivity contribution in [3.05, 3.63) is 42.1 Å². The first-order valence-electron chi connectivity index (χ1n) is 6.20. The predicted octanol–water partition coefficient (Wildman–Crippen LogP) is 2.93. The third-order valence-corrected chi connectivity index (χ3v) is 3.06. The molecule has 96 valence electrons. The fraction of sp³-hybridized carbons (Fsp3) is 0.357. The van der Waals surface area contributed by atoms with Gasteiger partial charge in [-0.25, -0.2) is 9.37 Å². The van der Waals surface area contributed by atoms with Crippen LogP contribution in [0.1, 0.15) is 25.1 Å². The van der Waals surface area contributed by atoms with Crippen molar-refractivity contribution in [1.29, 1.82) is 0 Å². The van der Waals surface area contributed by atoms with Crippen LogP contribution < -0.4 is 5.32 Å². The Kier molecular flexibility index (Phi) is 4.10. The third-order valence-electron chi connectivity index (χ3n) is 3.06. The second-order valence-electron chi connectivity index (χ2n) is 4.36. The molecule has 0 aliphatic carbocycles. The summed E-state index contributed by atoms with van der Waals surface area (Å²) in [4.78, 5) is 7.67. The van der Waals surface area contributed by atoms with Crippen molar-refractivity contribution < 1.29 is 4.39 Å². The van der Waals surface area contributed by atoms with Gasteiger partial charge in [0, 0.05) is 18.0 Å². The number of nitrogens with zero attached hydrogens (tertiary/aromatic N) is 1. The summed E-state index contributed by atoms with van der Waals surface area (Å²) < 4.78 is 13.2. The van der Waals surface area contributed by atoms with E-state index in [4.69, 9.17) is 0 Å². The molecule has 0 amide bonds. The van der Waals surface area contributed by atoms with Gasteiger partial charge >= 0.3 is 0 Å². The smallest absolute Gasteiger partial charge is 0.123 e. The maximum absolute atomic E-state index is 13.2. The molecule has 1 aromatic heterocycles. The van der Waals surface area contributed by atoms with Crippen LogP contribution in [0.4, 0.5) is 4.39 Å². The van der Waals surface area contributed by atoms with Crippen molar-refractivity contribution >= 4 is 0 Å². The first kappa shape index (κ1) is 12.8. The summed E-state index contributed by atoms with van der Waals surface area (Å²) >= 11 is 0.